The maximum Gasteiger partial charge on any atom is 0.0478 e. The summed E-state index contributed by atoms with van der Waals surface area (Å²) in [6, 6.07) is 8.51. The lowest BCUT2D eigenvalue weighted by atomic mass is 10.1. The van der Waals surface area contributed by atoms with Crippen molar-refractivity contribution in [2.24, 2.45) is 7.05 Å². The number of rotatable bonds is 2. The average molecular weight is 206 g/mol. The van der Waals surface area contributed by atoms with E-state index in [4.69, 9.17) is 11.6 Å². The number of nitrogens with zero attached hydrogens (tertiary/aromatic N) is 1. The Kier molecular flexibility index (Phi) is 2.60. The van der Waals surface area contributed by atoms with Gasteiger partial charge in [-0.15, -0.1) is 11.6 Å². The lowest BCUT2D eigenvalue weighted by Gasteiger charge is -1.97. The third-order valence-electron chi connectivity index (χ3n) is 2.31. The van der Waals surface area contributed by atoms with Crippen LogP contribution in [0.25, 0.3) is 17.0 Å². The molecule has 0 unspecified atom stereocenters. The van der Waals surface area contributed by atoms with Gasteiger partial charge in [-0.1, -0.05) is 18.2 Å². The molecule has 0 spiro atoms. The van der Waals surface area contributed by atoms with E-state index in [9.17, 15) is 0 Å². The van der Waals surface area contributed by atoms with Crippen LogP contribution in [-0.4, -0.2) is 10.4 Å². The molecule has 0 N–H and O–H groups in total. The quantitative estimate of drug-likeness (QED) is 0.662. The predicted molar refractivity (Wildman–Crippen MR) is 62.7 cm³/mol. The van der Waals surface area contributed by atoms with Gasteiger partial charge in [0.05, 0.1) is 0 Å². The molecular weight excluding hydrogens is 194 g/mol. The number of aryl methyl sites for hydroxylation is 1. The van der Waals surface area contributed by atoms with Gasteiger partial charge in [-0.3, -0.25) is 0 Å². The van der Waals surface area contributed by atoms with Gasteiger partial charge in [0.2, 0.25) is 0 Å². The second kappa shape index (κ2) is 3.89. The molecule has 0 aliphatic carbocycles. The van der Waals surface area contributed by atoms with Crippen molar-refractivity contribution in [1.29, 1.82) is 0 Å². The molecule has 72 valence electrons. The topological polar surface area (TPSA) is 4.93 Å². The van der Waals surface area contributed by atoms with Crippen LogP contribution in [0, 0.1) is 0 Å². The number of benzene rings is 1. The van der Waals surface area contributed by atoms with Gasteiger partial charge in [0.15, 0.2) is 0 Å². The van der Waals surface area contributed by atoms with Crippen molar-refractivity contribution in [3.05, 3.63) is 42.1 Å². The van der Waals surface area contributed by atoms with E-state index >= 15 is 0 Å². The van der Waals surface area contributed by atoms with Crippen molar-refractivity contribution in [3.63, 3.8) is 0 Å². The summed E-state index contributed by atoms with van der Waals surface area (Å²) in [4.78, 5) is 0. The predicted octanol–water partition coefficient (Wildman–Crippen LogP) is 3.43. The Labute approximate surface area is 88.6 Å². The zero-order chi connectivity index (χ0) is 9.97. The largest absolute Gasteiger partial charge is 0.351 e. The van der Waals surface area contributed by atoms with Crippen LogP contribution in [0.4, 0.5) is 0 Å². The van der Waals surface area contributed by atoms with E-state index in [1.807, 2.05) is 12.2 Å². The minimum atomic E-state index is 0.562. The fraction of sp³-hybridized carbons (Fsp3) is 0.167. The first-order valence-electron chi connectivity index (χ1n) is 4.59. The highest BCUT2D eigenvalue weighted by atomic mass is 35.5. The van der Waals surface area contributed by atoms with Crippen molar-refractivity contribution in [2.75, 3.05) is 5.88 Å². The van der Waals surface area contributed by atoms with Crippen molar-refractivity contribution < 1.29 is 0 Å². The van der Waals surface area contributed by atoms with Crippen LogP contribution in [0.3, 0.4) is 0 Å². The minimum absolute atomic E-state index is 0.562. The number of alkyl halides is 1. The molecule has 2 heteroatoms. The zero-order valence-electron chi connectivity index (χ0n) is 8.07. The molecule has 0 aliphatic heterocycles. The van der Waals surface area contributed by atoms with E-state index in [0.717, 1.165) is 0 Å². The SMILES string of the molecule is Cn1ccc2cc(C=CCCl)ccc21. The molecule has 0 saturated carbocycles. The van der Waals surface area contributed by atoms with E-state index < -0.39 is 0 Å². The third-order valence-corrected chi connectivity index (χ3v) is 2.49. The Morgan fingerprint density at radius 3 is 3.00 bits per heavy atom. The van der Waals surface area contributed by atoms with Crippen LogP contribution in [0.15, 0.2) is 36.5 Å². The molecule has 1 aromatic carbocycles. The van der Waals surface area contributed by atoms with Crippen molar-refractivity contribution in [3.8, 4) is 0 Å². The van der Waals surface area contributed by atoms with Gasteiger partial charge in [-0.2, -0.15) is 0 Å². The highest BCUT2D eigenvalue weighted by Crippen LogP contribution is 2.17. The highest BCUT2D eigenvalue weighted by molar-refractivity contribution is 6.19. The van der Waals surface area contributed by atoms with Crippen LogP contribution in [0.1, 0.15) is 5.56 Å². The van der Waals surface area contributed by atoms with Crippen LogP contribution in [0.2, 0.25) is 0 Å². The first-order valence-corrected chi connectivity index (χ1v) is 5.12. The molecule has 0 fully saturated rings. The number of allylic oxidation sites excluding steroid dienone is 1. The molecule has 0 saturated heterocycles. The summed E-state index contributed by atoms with van der Waals surface area (Å²) in [5.41, 5.74) is 2.46. The summed E-state index contributed by atoms with van der Waals surface area (Å²) in [6.07, 6.45) is 6.06. The Balaban J connectivity index is 2.47. The molecule has 0 bridgehead atoms. The Morgan fingerprint density at radius 1 is 1.36 bits per heavy atom. The second-order valence-electron chi connectivity index (χ2n) is 3.30. The summed E-state index contributed by atoms with van der Waals surface area (Å²) in [5, 5.41) is 1.27. The molecule has 14 heavy (non-hydrogen) atoms. The lowest BCUT2D eigenvalue weighted by Crippen LogP contribution is -1.83. The first-order chi connectivity index (χ1) is 6.81. The van der Waals surface area contributed by atoms with E-state index in [0.29, 0.717) is 5.88 Å². The zero-order valence-corrected chi connectivity index (χ0v) is 8.83. The smallest absolute Gasteiger partial charge is 0.0478 e. The van der Waals surface area contributed by atoms with Crippen LogP contribution in [-0.2, 0) is 7.05 Å². The third kappa shape index (κ3) is 1.68. The second-order valence-corrected chi connectivity index (χ2v) is 3.61. The first kappa shape index (κ1) is 9.35. The minimum Gasteiger partial charge on any atom is -0.351 e. The molecule has 1 aromatic heterocycles. The van der Waals surface area contributed by atoms with E-state index in [1.165, 1.54) is 16.5 Å². The summed E-state index contributed by atoms with van der Waals surface area (Å²) in [7, 11) is 2.05. The summed E-state index contributed by atoms with van der Waals surface area (Å²) in [6.45, 7) is 0. The maximum atomic E-state index is 5.58. The lowest BCUT2D eigenvalue weighted by molar-refractivity contribution is 0.969. The van der Waals surface area contributed by atoms with Crippen LogP contribution < -0.4 is 0 Å². The van der Waals surface area contributed by atoms with Crippen molar-refractivity contribution >= 4 is 28.6 Å². The van der Waals surface area contributed by atoms with E-state index in [2.05, 4.69) is 42.1 Å². The van der Waals surface area contributed by atoms with Gasteiger partial charge in [0.1, 0.15) is 0 Å². The highest BCUT2D eigenvalue weighted by Gasteiger charge is 1.96. The molecule has 0 radical (unpaired) electrons. The fourth-order valence-corrected chi connectivity index (χ4v) is 1.67. The number of aromatic nitrogens is 1. The summed E-state index contributed by atoms with van der Waals surface area (Å²) < 4.78 is 2.12. The number of fused-ring (bicyclic) bond motifs is 1. The monoisotopic (exact) mass is 205 g/mol. The van der Waals surface area contributed by atoms with Gasteiger partial charge < -0.3 is 4.57 Å². The number of hydrogen-bond acceptors (Lipinski definition) is 0. The molecule has 0 amide bonds. The Hall–Kier alpha value is -1.21. The molecule has 1 heterocycles. The molecule has 2 rings (SSSR count). The Morgan fingerprint density at radius 2 is 2.21 bits per heavy atom. The average Bonchev–Trinajstić information content (AvgIpc) is 2.57. The van der Waals surface area contributed by atoms with Crippen LogP contribution in [0.5, 0.6) is 0 Å². The summed E-state index contributed by atoms with van der Waals surface area (Å²) in [5.74, 6) is 0.562. The van der Waals surface area contributed by atoms with Crippen molar-refractivity contribution in [1.82, 2.24) is 4.57 Å². The molecule has 0 atom stereocenters. The normalized spacial score (nSPS) is 11.6. The maximum absolute atomic E-state index is 5.58. The summed E-state index contributed by atoms with van der Waals surface area (Å²) >= 11 is 5.58. The van der Waals surface area contributed by atoms with E-state index in [1.54, 1.807) is 0 Å². The van der Waals surface area contributed by atoms with Gasteiger partial charge in [0, 0.05) is 30.0 Å². The van der Waals surface area contributed by atoms with Crippen LogP contribution >= 0.6 is 11.6 Å². The number of hydrogen-bond donors (Lipinski definition) is 0. The molecular formula is C12H12ClN. The molecule has 2 aromatic rings. The van der Waals surface area contributed by atoms with E-state index in [-0.39, 0.29) is 0 Å². The van der Waals surface area contributed by atoms with Gasteiger partial charge in [-0.25, -0.2) is 0 Å². The van der Waals surface area contributed by atoms with Gasteiger partial charge >= 0.3 is 0 Å². The standard InChI is InChI=1S/C12H12ClN/c1-14-8-6-11-9-10(3-2-7-13)4-5-12(11)14/h2-6,8-9H,7H2,1H3. The molecule has 1 nitrogen and oxygen atoms in total. The fourth-order valence-electron chi connectivity index (χ4n) is 1.58. The Bertz CT molecular complexity index is 468. The number of halogens is 1. The van der Waals surface area contributed by atoms with Crippen molar-refractivity contribution in [2.45, 2.75) is 0 Å². The molecule has 0 aliphatic rings. The van der Waals surface area contributed by atoms with Gasteiger partial charge in [0.25, 0.3) is 0 Å². The van der Waals surface area contributed by atoms with Gasteiger partial charge in [-0.05, 0) is 23.8 Å².